The van der Waals surface area contributed by atoms with Crippen LogP contribution in [0, 0.1) is 6.92 Å². The highest BCUT2D eigenvalue weighted by molar-refractivity contribution is 6.31. The molecule has 0 bridgehead atoms. The Bertz CT molecular complexity index is 511. The molecule has 108 valence electrons. The highest BCUT2D eigenvalue weighted by atomic mass is 35.5. The topological polar surface area (TPSA) is 34.4 Å². The number of hydrogen-bond donors (Lipinski definition) is 1. The van der Waals surface area contributed by atoms with Crippen molar-refractivity contribution < 1.29 is 9.15 Å². The minimum absolute atomic E-state index is 0.542. The van der Waals surface area contributed by atoms with Crippen LogP contribution in [-0.4, -0.2) is 13.2 Å². The van der Waals surface area contributed by atoms with Crippen LogP contribution in [0.1, 0.15) is 23.3 Å². The quantitative estimate of drug-likeness (QED) is 0.749. The van der Waals surface area contributed by atoms with Crippen LogP contribution in [0.5, 0.6) is 0 Å². The smallest absolute Gasteiger partial charge is 0.129 e. The molecule has 2 rings (SSSR count). The molecule has 0 spiro atoms. The maximum atomic E-state index is 6.09. The SMILES string of the molecule is Cc1ccc(CNCCCOCc2ccco2)cc1Cl. The molecular formula is C16H20ClNO2. The largest absolute Gasteiger partial charge is 0.467 e. The van der Waals surface area contributed by atoms with Crippen molar-refractivity contribution in [1.82, 2.24) is 5.32 Å². The zero-order chi connectivity index (χ0) is 14.2. The van der Waals surface area contributed by atoms with Gasteiger partial charge in [-0.2, -0.15) is 0 Å². The second-order valence-electron chi connectivity index (χ2n) is 4.75. The van der Waals surface area contributed by atoms with Crippen molar-refractivity contribution in [3.8, 4) is 0 Å². The number of halogens is 1. The Hall–Kier alpha value is -1.29. The third-order valence-corrected chi connectivity index (χ3v) is 3.44. The van der Waals surface area contributed by atoms with E-state index < -0.39 is 0 Å². The molecule has 3 nitrogen and oxygen atoms in total. The molecule has 1 aromatic heterocycles. The van der Waals surface area contributed by atoms with Crippen LogP contribution in [-0.2, 0) is 17.9 Å². The van der Waals surface area contributed by atoms with E-state index in [0.29, 0.717) is 6.61 Å². The summed E-state index contributed by atoms with van der Waals surface area (Å²) in [5, 5.41) is 4.21. The van der Waals surface area contributed by atoms with Gasteiger partial charge in [0.05, 0.1) is 6.26 Å². The molecule has 0 aliphatic heterocycles. The second-order valence-corrected chi connectivity index (χ2v) is 5.15. The predicted molar refractivity (Wildman–Crippen MR) is 80.9 cm³/mol. The van der Waals surface area contributed by atoms with Crippen molar-refractivity contribution >= 4 is 11.6 Å². The molecule has 0 saturated heterocycles. The molecule has 0 atom stereocenters. The first kappa shape index (κ1) is 15.1. The Kier molecular flexibility index (Phi) is 6.12. The molecule has 1 heterocycles. The molecule has 0 saturated carbocycles. The average molecular weight is 294 g/mol. The average Bonchev–Trinajstić information content (AvgIpc) is 2.95. The van der Waals surface area contributed by atoms with Crippen LogP contribution < -0.4 is 5.32 Å². The summed E-state index contributed by atoms with van der Waals surface area (Å²) in [6.45, 7) is 5.03. The second kappa shape index (κ2) is 8.10. The first-order valence-corrected chi connectivity index (χ1v) is 7.19. The molecule has 20 heavy (non-hydrogen) atoms. The summed E-state index contributed by atoms with van der Waals surface area (Å²) in [4.78, 5) is 0. The van der Waals surface area contributed by atoms with Crippen molar-refractivity contribution in [2.45, 2.75) is 26.5 Å². The van der Waals surface area contributed by atoms with Crippen molar-refractivity contribution in [3.05, 3.63) is 58.5 Å². The summed E-state index contributed by atoms with van der Waals surface area (Å²) in [5.74, 6) is 0.868. The van der Waals surface area contributed by atoms with Crippen LogP contribution in [0.4, 0.5) is 0 Å². The van der Waals surface area contributed by atoms with Gasteiger partial charge in [-0.3, -0.25) is 0 Å². The summed E-state index contributed by atoms with van der Waals surface area (Å²) >= 11 is 6.09. The highest BCUT2D eigenvalue weighted by Crippen LogP contribution is 2.16. The van der Waals surface area contributed by atoms with E-state index in [4.69, 9.17) is 20.8 Å². The zero-order valence-corrected chi connectivity index (χ0v) is 12.5. The van der Waals surface area contributed by atoms with Crippen molar-refractivity contribution in [1.29, 1.82) is 0 Å². The summed E-state index contributed by atoms with van der Waals surface area (Å²) in [5.41, 5.74) is 2.32. The van der Waals surface area contributed by atoms with E-state index in [9.17, 15) is 0 Å². The van der Waals surface area contributed by atoms with E-state index in [1.807, 2.05) is 31.2 Å². The molecule has 1 aromatic carbocycles. The van der Waals surface area contributed by atoms with Gasteiger partial charge in [-0.1, -0.05) is 23.7 Å². The number of rotatable bonds is 8. The molecule has 0 amide bonds. The van der Waals surface area contributed by atoms with Gasteiger partial charge in [0.2, 0.25) is 0 Å². The first-order valence-electron chi connectivity index (χ1n) is 6.81. The first-order chi connectivity index (χ1) is 9.75. The maximum Gasteiger partial charge on any atom is 0.129 e. The standard InChI is InChI=1S/C16H20ClNO2/c1-13-5-6-14(10-16(13)17)11-18-7-3-8-19-12-15-4-2-9-20-15/h2,4-6,9-10,18H,3,7-8,11-12H2,1H3. The van der Waals surface area contributed by atoms with Gasteiger partial charge in [-0.15, -0.1) is 0 Å². The molecule has 0 aliphatic rings. The van der Waals surface area contributed by atoms with Gasteiger partial charge >= 0.3 is 0 Å². The van der Waals surface area contributed by atoms with Crippen LogP contribution in [0.15, 0.2) is 41.0 Å². The lowest BCUT2D eigenvalue weighted by Crippen LogP contribution is -2.16. The molecule has 0 unspecified atom stereocenters. The Morgan fingerprint density at radius 1 is 1.30 bits per heavy atom. The van der Waals surface area contributed by atoms with Gasteiger partial charge in [0.15, 0.2) is 0 Å². The molecule has 2 aromatic rings. The number of ether oxygens (including phenoxy) is 1. The van der Waals surface area contributed by atoms with Gasteiger partial charge < -0.3 is 14.5 Å². The lowest BCUT2D eigenvalue weighted by atomic mass is 10.1. The Morgan fingerprint density at radius 3 is 2.95 bits per heavy atom. The number of benzene rings is 1. The fourth-order valence-electron chi connectivity index (χ4n) is 1.85. The lowest BCUT2D eigenvalue weighted by molar-refractivity contribution is 0.104. The Morgan fingerprint density at radius 2 is 2.20 bits per heavy atom. The Labute approximate surface area is 124 Å². The molecule has 1 N–H and O–H groups in total. The number of nitrogens with one attached hydrogen (secondary N) is 1. The van der Waals surface area contributed by atoms with E-state index >= 15 is 0 Å². The number of hydrogen-bond acceptors (Lipinski definition) is 3. The maximum absolute atomic E-state index is 6.09. The van der Waals surface area contributed by atoms with Gasteiger partial charge in [-0.25, -0.2) is 0 Å². The minimum Gasteiger partial charge on any atom is -0.467 e. The van der Waals surface area contributed by atoms with E-state index in [1.54, 1.807) is 6.26 Å². The van der Waals surface area contributed by atoms with Gasteiger partial charge in [0.1, 0.15) is 12.4 Å². The number of furan rings is 1. The molecular weight excluding hydrogens is 274 g/mol. The fraction of sp³-hybridized carbons (Fsp3) is 0.375. The normalized spacial score (nSPS) is 10.9. The van der Waals surface area contributed by atoms with E-state index in [1.165, 1.54) is 5.56 Å². The predicted octanol–water partition coefficient (Wildman–Crippen LogP) is 3.94. The van der Waals surface area contributed by atoms with E-state index in [2.05, 4.69) is 11.4 Å². The third-order valence-electron chi connectivity index (χ3n) is 3.03. The van der Waals surface area contributed by atoms with Gasteiger partial charge in [-0.05, 0) is 49.2 Å². The monoisotopic (exact) mass is 293 g/mol. The van der Waals surface area contributed by atoms with Crippen molar-refractivity contribution in [3.63, 3.8) is 0 Å². The lowest BCUT2D eigenvalue weighted by Gasteiger charge is -2.07. The molecule has 0 fully saturated rings. The Balaban J connectivity index is 1.54. The highest BCUT2D eigenvalue weighted by Gasteiger charge is 1.98. The van der Waals surface area contributed by atoms with Crippen LogP contribution >= 0.6 is 11.6 Å². The van der Waals surface area contributed by atoms with Gasteiger partial charge in [0, 0.05) is 18.2 Å². The minimum atomic E-state index is 0.542. The van der Waals surface area contributed by atoms with E-state index in [-0.39, 0.29) is 0 Å². The van der Waals surface area contributed by atoms with Crippen LogP contribution in [0.2, 0.25) is 5.02 Å². The van der Waals surface area contributed by atoms with Crippen molar-refractivity contribution in [2.24, 2.45) is 0 Å². The van der Waals surface area contributed by atoms with Crippen molar-refractivity contribution in [2.75, 3.05) is 13.2 Å². The molecule has 0 aliphatic carbocycles. The zero-order valence-electron chi connectivity index (χ0n) is 11.7. The summed E-state index contributed by atoms with van der Waals surface area (Å²) in [7, 11) is 0. The van der Waals surface area contributed by atoms with E-state index in [0.717, 1.165) is 42.5 Å². The van der Waals surface area contributed by atoms with Crippen LogP contribution in [0.25, 0.3) is 0 Å². The summed E-state index contributed by atoms with van der Waals surface area (Å²) < 4.78 is 10.7. The number of aryl methyl sites for hydroxylation is 1. The third kappa shape index (κ3) is 5.00. The fourth-order valence-corrected chi connectivity index (χ4v) is 2.05. The molecule has 4 heteroatoms. The molecule has 0 radical (unpaired) electrons. The van der Waals surface area contributed by atoms with Gasteiger partial charge in [0.25, 0.3) is 0 Å². The van der Waals surface area contributed by atoms with Crippen LogP contribution in [0.3, 0.4) is 0 Å². The summed E-state index contributed by atoms with van der Waals surface area (Å²) in [6.07, 6.45) is 2.63. The summed E-state index contributed by atoms with van der Waals surface area (Å²) in [6, 6.07) is 9.94.